The van der Waals surface area contributed by atoms with E-state index in [2.05, 4.69) is 15.3 Å². The van der Waals surface area contributed by atoms with Gasteiger partial charge in [0.2, 0.25) is 5.91 Å². The lowest BCUT2D eigenvalue weighted by Gasteiger charge is -2.34. The minimum Gasteiger partial charge on any atom is -0.451 e. The first kappa shape index (κ1) is 22.4. The predicted octanol–water partition coefficient (Wildman–Crippen LogP) is 1.34. The van der Waals surface area contributed by atoms with Crippen LogP contribution < -0.4 is 5.32 Å². The topological polar surface area (TPSA) is 105 Å². The number of hydrogen-bond acceptors (Lipinski definition) is 7. The maximum Gasteiger partial charge on any atom is 0.359 e. The number of nitrogens with one attached hydrogen (secondary N) is 1. The number of aromatic nitrogens is 2. The lowest BCUT2D eigenvalue weighted by Crippen LogP contribution is -2.51. The smallest absolute Gasteiger partial charge is 0.359 e. The van der Waals surface area contributed by atoms with Crippen molar-refractivity contribution in [1.29, 1.82) is 0 Å². The van der Waals surface area contributed by atoms with Crippen LogP contribution in [-0.4, -0.2) is 76.9 Å². The predicted molar refractivity (Wildman–Crippen MR) is 115 cm³/mol. The summed E-state index contributed by atoms with van der Waals surface area (Å²) in [6.45, 7) is 7.69. The number of para-hydroxylation sites is 1. The SMILES string of the molecule is Cc1cnc(C(=O)OCC(=O)N2CCN(CC(=O)Nc3c(C)cccc3C)CC2)cn1. The van der Waals surface area contributed by atoms with E-state index in [0.717, 1.165) is 16.8 Å². The largest absolute Gasteiger partial charge is 0.451 e. The first-order chi connectivity index (χ1) is 14.8. The van der Waals surface area contributed by atoms with Crippen LogP contribution in [0.5, 0.6) is 0 Å². The summed E-state index contributed by atoms with van der Waals surface area (Å²) >= 11 is 0. The molecule has 0 radical (unpaired) electrons. The number of anilines is 1. The van der Waals surface area contributed by atoms with Gasteiger partial charge in [-0.2, -0.15) is 0 Å². The molecule has 1 aliphatic rings. The van der Waals surface area contributed by atoms with Gasteiger partial charge in [-0.25, -0.2) is 9.78 Å². The summed E-state index contributed by atoms with van der Waals surface area (Å²) in [6, 6.07) is 5.89. The first-order valence-electron chi connectivity index (χ1n) is 10.2. The van der Waals surface area contributed by atoms with Gasteiger partial charge in [-0.05, 0) is 31.9 Å². The summed E-state index contributed by atoms with van der Waals surface area (Å²) < 4.78 is 5.05. The molecule has 0 unspecified atom stereocenters. The Morgan fingerprint density at radius 1 is 1.00 bits per heavy atom. The van der Waals surface area contributed by atoms with E-state index in [1.54, 1.807) is 11.8 Å². The summed E-state index contributed by atoms with van der Waals surface area (Å²) in [7, 11) is 0. The zero-order valence-electron chi connectivity index (χ0n) is 18.1. The van der Waals surface area contributed by atoms with E-state index in [0.29, 0.717) is 31.9 Å². The van der Waals surface area contributed by atoms with Crippen molar-refractivity contribution >= 4 is 23.5 Å². The number of hydrogen-bond donors (Lipinski definition) is 1. The summed E-state index contributed by atoms with van der Waals surface area (Å²) in [6.07, 6.45) is 2.79. The average Bonchev–Trinajstić information content (AvgIpc) is 2.75. The first-order valence-corrected chi connectivity index (χ1v) is 10.2. The van der Waals surface area contributed by atoms with Gasteiger partial charge < -0.3 is 15.0 Å². The van der Waals surface area contributed by atoms with Gasteiger partial charge >= 0.3 is 5.97 Å². The molecular formula is C22H27N5O4. The van der Waals surface area contributed by atoms with Crippen molar-refractivity contribution in [2.45, 2.75) is 20.8 Å². The fourth-order valence-corrected chi connectivity index (χ4v) is 3.34. The van der Waals surface area contributed by atoms with E-state index in [1.165, 1.54) is 12.4 Å². The Morgan fingerprint density at radius 2 is 1.68 bits per heavy atom. The molecule has 164 valence electrons. The van der Waals surface area contributed by atoms with Gasteiger partial charge in [0.25, 0.3) is 5.91 Å². The standard InChI is InChI=1S/C22H27N5O4/c1-15-5-4-6-16(2)21(15)25-19(28)13-26-7-9-27(10-8-26)20(29)14-31-22(30)18-12-23-17(3)11-24-18/h4-6,11-12H,7-10,13-14H2,1-3H3,(H,25,28). The molecule has 1 aromatic heterocycles. The molecule has 1 saturated heterocycles. The lowest BCUT2D eigenvalue weighted by atomic mass is 10.1. The molecule has 0 saturated carbocycles. The number of aryl methyl sites for hydroxylation is 3. The molecule has 2 amide bonds. The van der Waals surface area contributed by atoms with Gasteiger partial charge in [-0.15, -0.1) is 0 Å². The molecule has 1 aromatic carbocycles. The highest BCUT2D eigenvalue weighted by Gasteiger charge is 2.24. The quantitative estimate of drug-likeness (QED) is 0.697. The van der Waals surface area contributed by atoms with Crippen molar-refractivity contribution in [3.05, 3.63) is 53.1 Å². The number of nitrogens with zero attached hydrogens (tertiary/aromatic N) is 4. The summed E-state index contributed by atoms with van der Waals surface area (Å²) in [4.78, 5) is 48.3. The number of carbonyl (C=O) groups excluding carboxylic acids is 3. The minimum absolute atomic E-state index is 0.0677. The molecule has 0 bridgehead atoms. The van der Waals surface area contributed by atoms with Gasteiger partial charge in [0.15, 0.2) is 12.3 Å². The molecule has 0 atom stereocenters. The van der Waals surface area contributed by atoms with Crippen LogP contribution in [0.2, 0.25) is 0 Å². The molecule has 2 heterocycles. The Bertz CT molecular complexity index is 933. The highest BCUT2D eigenvalue weighted by molar-refractivity contribution is 5.93. The van der Waals surface area contributed by atoms with Crippen LogP contribution in [0.15, 0.2) is 30.6 Å². The van der Waals surface area contributed by atoms with Crippen LogP contribution in [0.1, 0.15) is 27.3 Å². The maximum absolute atomic E-state index is 12.4. The van der Waals surface area contributed by atoms with Crippen molar-refractivity contribution in [3.8, 4) is 0 Å². The van der Waals surface area contributed by atoms with Crippen LogP contribution in [0, 0.1) is 20.8 Å². The molecule has 0 spiro atoms. The summed E-state index contributed by atoms with van der Waals surface area (Å²) in [5, 5.41) is 2.98. The van der Waals surface area contributed by atoms with Crippen molar-refractivity contribution in [3.63, 3.8) is 0 Å². The third kappa shape index (κ3) is 6.08. The van der Waals surface area contributed by atoms with Crippen LogP contribution >= 0.6 is 0 Å². The normalized spacial score (nSPS) is 14.2. The summed E-state index contributed by atoms with van der Waals surface area (Å²) in [5.74, 6) is -1.03. The lowest BCUT2D eigenvalue weighted by molar-refractivity contribution is -0.136. The Hall–Kier alpha value is -3.33. The molecule has 1 N–H and O–H groups in total. The zero-order chi connectivity index (χ0) is 22.4. The van der Waals surface area contributed by atoms with Crippen LogP contribution in [0.4, 0.5) is 5.69 Å². The highest BCUT2D eigenvalue weighted by atomic mass is 16.5. The fraction of sp³-hybridized carbons (Fsp3) is 0.409. The number of amides is 2. The number of ether oxygens (including phenoxy) is 1. The van der Waals surface area contributed by atoms with E-state index in [4.69, 9.17) is 4.74 Å². The number of benzene rings is 1. The van der Waals surface area contributed by atoms with Crippen molar-refractivity contribution in [2.75, 3.05) is 44.6 Å². The van der Waals surface area contributed by atoms with Crippen molar-refractivity contribution in [2.24, 2.45) is 0 Å². The Balaban J connectivity index is 1.41. The third-order valence-corrected chi connectivity index (χ3v) is 5.15. The molecular weight excluding hydrogens is 398 g/mol. The van der Waals surface area contributed by atoms with E-state index in [1.807, 2.05) is 36.9 Å². The second-order valence-corrected chi connectivity index (χ2v) is 7.59. The van der Waals surface area contributed by atoms with E-state index in [-0.39, 0.29) is 30.7 Å². The minimum atomic E-state index is -0.678. The molecule has 9 nitrogen and oxygen atoms in total. The van der Waals surface area contributed by atoms with Gasteiger partial charge in [0.05, 0.1) is 18.4 Å². The molecule has 1 fully saturated rings. The Labute approximate surface area is 181 Å². The average molecular weight is 425 g/mol. The molecule has 9 heteroatoms. The van der Waals surface area contributed by atoms with Crippen LogP contribution in [0.3, 0.4) is 0 Å². The molecule has 2 aromatic rings. The number of piperazine rings is 1. The Kier molecular flexibility index (Phi) is 7.30. The maximum atomic E-state index is 12.4. The molecule has 31 heavy (non-hydrogen) atoms. The molecule has 3 rings (SSSR count). The van der Waals surface area contributed by atoms with Gasteiger partial charge in [0, 0.05) is 38.1 Å². The molecule has 1 aliphatic heterocycles. The third-order valence-electron chi connectivity index (χ3n) is 5.15. The zero-order valence-corrected chi connectivity index (χ0v) is 18.1. The second-order valence-electron chi connectivity index (χ2n) is 7.59. The van der Waals surface area contributed by atoms with Gasteiger partial charge in [-0.1, -0.05) is 18.2 Å². The van der Waals surface area contributed by atoms with Crippen molar-refractivity contribution < 1.29 is 19.1 Å². The Morgan fingerprint density at radius 3 is 2.29 bits per heavy atom. The second kappa shape index (κ2) is 10.1. The van der Waals surface area contributed by atoms with Crippen LogP contribution in [-0.2, 0) is 14.3 Å². The van der Waals surface area contributed by atoms with Crippen LogP contribution in [0.25, 0.3) is 0 Å². The summed E-state index contributed by atoms with van der Waals surface area (Å²) in [5.41, 5.74) is 3.65. The molecule has 0 aliphatic carbocycles. The number of esters is 1. The van der Waals surface area contributed by atoms with Gasteiger partial charge in [-0.3, -0.25) is 19.5 Å². The van der Waals surface area contributed by atoms with E-state index in [9.17, 15) is 14.4 Å². The number of carbonyl (C=O) groups is 3. The van der Waals surface area contributed by atoms with Crippen molar-refractivity contribution in [1.82, 2.24) is 19.8 Å². The van der Waals surface area contributed by atoms with Gasteiger partial charge in [0.1, 0.15) is 0 Å². The fourth-order valence-electron chi connectivity index (χ4n) is 3.34. The van der Waals surface area contributed by atoms with E-state index < -0.39 is 5.97 Å². The number of rotatable bonds is 6. The van der Waals surface area contributed by atoms with E-state index >= 15 is 0 Å². The highest BCUT2D eigenvalue weighted by Crippen LogP contribution is 2.19. The monoisotopic (exact) mass is 425 g/mol.